The van der Waals surface area contributed by atoms with E-state index in [-0.39, 0.29) is 12.0 Å². The number of hydrogen-bond acceptors (Lipinski definition) is 2. The van der Waals surface area contributed by atoms with E-state index in [9.17, 15) is 5.11 Å². The number of nitrogens with two attached hydrogens (primary N) is 1. The van der Waals surface area contributed by atoms with Crippen LogP contribution in [0.1, 0.15) is 25.8 Å². The molecule has 1 aliphatic rings. The normalized spacial score (nSPS) is 19.4. The third-order valence-corrected chi connectivity index (χ3v) is 3.84. The van der Waals surface area contributed by atoms with Crippen LogP contribution in [0.15, 0.2) is 66.3 Å². The van der Waals surface area contributed by atoms with E-state index in [1.165, 1.54) is 0 Å². The van der Waals surface area contributed by atoms with Gasteiger partial charge in [0.2, 0.25) is 0 Å². The molecule has 2 rings (SSSR count). The van der Waals surface area contributed by atoms with Crippen LogP contribution in [0.5, 0.6) is 0 Å². The SMILES string of the molecule is CC(C)[C@H](N)C(O)(C1=CC=CCC=C1)c1ccccc1. The van der Waals surface area contributed by atoms with Gasteiger partial charge in [-0.1, -0.05) is 74.6 Å². The topological polar surface area (TPSA) is 46.2 Å². The third-order valence-electron chi connectivity index (χ3n) is 3.84. The Morgan fingerprint density at radius 3 is 2.50 bits per heavy atom. The first-order valence-electron chi connectivity index (χ1n) is 7.14. The summed E-state index contributed by atoms with van der Waals surface area (Å²) in [4.78, 5) is 0. The molecular formula is C18H23NO. The van der Waals surface area contributed by atoms with Crippen LogP contribution in [0.4, 0.5) is 0 Å². The second kappa shape index (κ2) is 6.21. The Morgan fingerprint density at radius 2 is 1.85 bits per heavy atom. The van der Waals surface area contributed by atoms with Crippen LogP contribution in [0.25, 0.3) is 0 Å². The fourth-order valence-corrected chi connectivity index (χ4v) is 2.56. The van der Waals surface area contributed by atoms with Crippen LogP contribution in [0.3, 0.4) is 0 Å². The summed E-state index contributed by atoms with van der Waals surface area (Å²) < 4.78 is 0. The molecule has 1 unspecified atom stereocenters. The van der Waals surface area contributed by atoms with Gasteiger partial charge in [-0.2, -0.15) is 0 Å². The van der Waals surface area contributed by atoms with Crippen LogP contribution in [-0.2, 0) is 5.60 Å². The molecule has 20 heavy (non-hydrogen) atoms. The van der Waals surface area contributed by atoms with Crippen molar-refractivity contribution in [3.05, 3.63) is 71.8 Å². The molecule has 0 aromatic heterocycles. The molecule has 1 aromatic rings. The molecule has 1 aromatic carbocycles. The highest BCUT2D eigenvalue weighted by molar-refractivity contribution is 5.43. The van der Waals surface area contributed by atoms with Gasteiger partial charge in [0.1, 0.15) is 5.60 Å². The number of hydrogen-bond donors (Lipinski definition) is 2. The van der Waals surface area contributed by atoms with Gasteiger partial charge in [-0.15, -0.1) is 0 Å². The lowest BCUT2D eigenvalue weighted by Crippen LogP contribution is -2.49. The third kappa shape index (κ3) is 2.77. The molecule has 106 valence electrons. The van der Waals surface area contributed by atoms with Gasteiger partial charge >= 0.3 is 0 Å². The Labute approximate surface area is 121 Å². The minimum absolute atomic E-state index is 0.168. The Kier molecular flexibility index (Phi) is 4.58. The van der Waals surface area contributed by atoms with Gasteiger partial charge in [0, 0.05) is 6.04 Å². The summed E-state index contributed by atoms with van der Waals surface area (Å²) in [6.45, 7) is 4.07. The molecule has 0 saturated heterocycles. The first kappa shape index (κ1) is 14.8. The Bertz CT molecular complexity index is 528. The summed E-state index contributed by atoms with van der Waals surface area (Å²) in [5.41, 5.74) is 6.88. The van der Waals surface area contributed by atoms with Gasteiger partial charge < -0.3 is 10.8 Å². The second-order valence-electron chi connectivity index (χ2n) is 5.59. The molecule has 3 N–H and O–H groups in total. The summed E-state index contributed by atoms with van der Waals surface area (Å²) in [6, 6.07) is 9.32. The van der Waals surface area contributed by atoms with Crippen molar-refractivity contribution in [2.75, 3.05) is 0 Å². The summed E-state index contributed by atoms with van der Waals surface area (Å²) in [5, 5.41) is 11.4. The van der Waals surface area contributed by atoms with Crippen LogP contribution < -0.4 is 5.73 Å². The molecule has 0 amide bonds. The van der Waals surface area contributed by atoms with Gasteiger partial charge in [-0.25, -0.2) is 0 Å². The number of rotatable bonds is 4. The highest BCUT2D eigenvalue weighted by atomic mass is 16.3. The van der Waals surface area contributed by atoms with E-state index in [1.807, 2.05) is 62.4 Å². The lowest BCUT2D eigenvalue weighted by molar-refractivity contribution is 0.0346. The molecule has 2 heteroatoms. The van der Waals surface area contributed by atoms with E-state index in [4.69, 9.17) is 5.73 Å². The summed E-state index contributed by atoms with van der Waals surface area (Å²) in [6.07, 6.45) is 10.9. The van der Waals surface area contributed by atoms with Crippen molar-refractivity contribution < 1.29 is 5.11 Å². The van der Waals surface area contributed by atoms with E-state index < -0.39 is 5.60 Å². The predicted octanol–water partition coefficient (Wildman–Crippen LogP) is 3.30. The maximum absolute atomic E-state index is 11.4. The highest BCUT2D eigenvalue weighted by Crippen LogP contribution is 2.36. The molecule has 0 bridgehead atoms. The monoisotopic (exact) mass is 269 g/mol. The van der Waals surface area contributed by atoms with E-state index in [0.29, 0.717) is 0 Å². The van der Waals surface area contributed by atoms with Crippen molar-refractivity contribution >= 4 is 0 Å². The van der Waals surface area contributed by atoms with Gasteiger partial charge in [0.15, 0.2) is 0 Å². The Morgan fingerprint density at radius 1 is 1.15 bits per heavy atom. The maximum Gasteiger partial charge on any atom is 0.130 e. The highest BCUT2D eigenvalue weighted by Gasteiger charge is 2.40. The number of benzene rings is 1. The van der Waals surface area contributed by atoms with Gasteiger partial charge in [-0.3, -0.25) is 0 Å². The van der Waals surface area contributed by atoms with E-state index in [0.717, 1.165) is 17.6 Å². The van der Waals surface area contributed by atoms with Crippen molar-refractivity contribution in [3.8, 4) is 0 Å². The van der Waals surface area contributed by atoms with Gasteiger partial charge in [0.25, 0.3) is 0 Å². The molecule has 0 heterocycles. The molecule has 0 aliphatic heterocycles. The average Bonchev–Trinajstić information content (AvgIpc) is 2.76. The molecule has 2 atom stereocenters. The van der Waals surface area contributed by atoms with Crippen LogP contribution >= 0.6 is 0 Å². The molecule has 0 saturated carbocycles. The second-order valence-corrected chi connectivity index (χ2v) is 5.59. The van der Waals surface area contributed by atoms with Crippen LogP contribution in [0, 0.1) is 5.92 Å². The average molecular weight is 269 g/mol. The van der Waals surface area contributed by atoms with Crippen LogP contribution in [-0.4, -0.2) is 11.1 Å². The Hall–Kier alpha value is -1.64. The van der Waals surface area contributed by atoms with Gasteiger partial charge in [0.05, 0.1) is 0 Å². The lowest BCUT2D eigenvalue weighted by atomic mass is 9.75. The quantitative estimate of drug-likeness (QED) is 0.881. The standard InChI is InChI=1S/C18H23NO/c1-14(2)17(19)18(20,16-12-8-5-9-13-16)15-10-6-3-4-7-11-15/h3,5-14,17,20H,4,19H2,1-2H3/t17-,18?/m0/s1. The Balaban J connectivity index is 2.55. The van der Waals surface area contributed by atoms with Crippen molar-refractivity contribution in [1.82, 2.24) is 0 Å². The zero-order valence-corrected chi connectivity index (χ0v) is 12.2. The zero-order chi connectivity index (χ0) is 14.6. The first-order valence-corrected chi connectivity index (χ1v) is 7.14. The molecule has 0 spiro atoms. The number of allylic oxidation sites excluding steroid dienone is 4. The van der Waals surface area contributed by atoms with Crippen molar-refractivity contribution in [2.24, 2.45) is 11.7 Å². The fourth-order valence-electron chi connectivity index (χ4n) is 2.56. The van der Waals surface area contributed by atoms with Gasteiger partial charge in [-0.05, 0) is 23.5 Å². The lowest BCUT2D eigenvalue weighted by Gasteiger charge is -2.38. The maximum atomic E-state index is 11.4. The van der Waals surface area contributed by atoms with E-state index in [1.54, 1.807) is 0 Å². The predicted molar refractivity (Wildman–Crippen MR) is 84.1 cm³/mol. The summed E-state index contributed by atoms with van der Waals surface area (Å²) in [7, 11) is 0. The fraction of sp³-hybridized carbons (Fsp3) is 0.333. The number of aliphatic hydroxyl groups is 1. The molecular weight excluding hydrogens is 246 g/mol. The van der Waals surface area contributed by atoms with Crippen LogP contribution in [0.2, 0.25) is 0 Å². The minimum Gasteiger partial charge on any atom is -0.379 e. The van der Waals surface area contributed by atoms with Crippen molar-refractivity contribution in [3.63, 3.8) is 0 Å². The van der Waals surface area contributed by atoms with E-state index in [2.05, 4.69) is 12.2 Å². The molecule has 1 aliphatic carbocycles. The zero-order valence-electron chi connectivity index (χ0n) is 12.2. The van der Waals surface area contributed by atoms with Crippen molar-refractivity contribution in [1.29, 1.82) is 0 Å². The summed E-state index contributed by atoms with van der Waals surface area (Å²) in [5.74, 6) is 0.168. The largest absolute Gasteiger partial charge is 0.379 e. The minimum atomic E-state index is -1.17. The summed E-state index contributed by atoms with van der Waals surface area (Å²) >= 11 is 0. The smallest absolute Gasteiger partial charge is 0.130 e. The molecule has 0 fully saturated rings. The molecule has 0 radical (unpaired) electrons. The molecule has 2 nitrogen and oxygen atoms in total. The van der Waals surface area contributed by atoms with Crippen molar-refractivity contribution in [2.45, 2.75) is 31.9 Å². The van der Waals surface area contributed by atoms with E-state index >= 15 is 0 Å². The first-order chi connectivity index (χ1) is 9.56.